The summed E-state index contributed by atoms with van der Waals surface area (Å²) >= 11 is 1.54. The van der Waals surface area contributed by atoms with Gasteiger partial charge >= 0.3 is 0 Å². The average molecular weight is 291 g/mol. The molecule has 0 spiro atoms. The van der Waals surface area contributed by atoms with Gasteiger partial charge in [-0.15, -0.1) is 22.6 Å². The van der Waals surface area contributed by atoms with Gasteiger partial charge in [0.1, 0.15) is 10.0 Å². The van der Waals surface area contributed by atoms with Crippen LogP contribution in [0.1, 0.15) is 43.6 Å². The molecule has 0 aromatic carbocycles. The molecule has 1 amide bonds. The Balaban J connectivity index is 0.00000162. The molecule has 1 aromatic heterocycles. The Kier molecular flexibility index (Phi) is 4.35. The number of nitrogens with zero attached hydrogens (tertiary/aromatic N) is 2. The van der Waals surface area contributed by atoms with Crippen molar-refractivity contribution < 1.29 is 4.79 Å². The zero-order chi connectivity index (χ0) is 12.7. The number of hydrogen-bond acceptors (Lipinski definition) is 5. The molecule has 1 saturated carbocycles. The van der Waals surface area contributed by atoms with Crippen molar-refractivity contribution in [2.45, 2.75) is 51.1 Å². The van der Waals surface area contributed by atoms with E-state index in [9.17, 15) is 4.79 Å². The Morgan fingerprint density at radius 3 is 2.50 bits per heavy atom. The van der Waals surface area contributed by atoms with Crippen molar-refractivity contribution in [1.82, 2.24) is 15.5 Å². The van der Waals surface area contributed by atoms with Crippen LogP contribution in [0.15, 0.2) is 0 Å². The zero-order valence-corrected chi connectivity index (χ0v) is 12.5. The number of halogens is 1. The van der Waals surface area contributed by atoms with Gasteiger partial charge in [-0.25, -0.2) is 0 Å². The molecule has 0 aliphatic heterocycles. The van der Waals surface area contributed by atoms with Gasteiger partial charge in [-0.05, 0) is 12.8 Å². The van der Waals surface area contributed by atoms with Crippen LogP contribution in [0.25, 0.3) is 0 Å². The molecular formula is C11H19ClN4OS. The molecule has 0 atom stereocenters. The Hall–Kier alpha value is -0.720. The van der Waals surface area contributed by atoms with Crippen molar-refractivity contribution in [3.8, 4) is 0 Å². The van der Waals surface area contributed by atoms with E-state index in [1.165, 1.54) is 11.3 Å². The van der Waals surface area contributed by atoms with Crippen LogP contribution in [-0.4, -0.2) is 21.6 Å². The third kappa shape index (κ3) is 3.40. The number of amides is 1. The molecule has 7 heteroatoms. The molecular weight excluding hydrogens is 272 g/mol. The molecule has 1 heterocycles. The SMILES string of the molecule is CC(C)(C)c1nnc(CNC(=O)C2(N)CC2)s1.Cl. The lowest BCUT2D eigenvalue weighted by Gasteiger charge is -2.12. The maximum Gasteiger partial charge on any atom is 0.240 e. The van der Waals surface area contributed by atoms with Gasteiger partial charge in [0.05, 0.1) is 12.1 Å². The van der Waals surface area contributed by atoms with Gasteiger partial charge in [0.25, 0.3) is 0 Å². The molecule has 1 fully saturated rings. The number of nitrogens with two attached hydrogens (primary N) is 1. The highest BCUT2D eigenvalue weighted by Crippen LogP contribution is 2.32. The fraction of sp³-hybridized carbons (Fsp3) is 0.727. The number of carbonyl (C=O) groups excluding carboxylic acids is 1. The quantitative estimate of drug-likeness (QED) is 0.881. The monoisotopic (exact) mass is 290 g/mol. The fourth-order valence-electron chi connectivity index (χ4n) is 1.32. The number of rotatable bonds is 3. The normalized spacial score (nSPS) is 16.9. The van der Waals surface area contributed by atoms with E-state index in [-0.39, 0.29) is 23.7 Å². The molecule has 1 aromatic rings. The van der Waals surface area contributed by atoms with E-state index in [4.69, 9.17) is 5.73 Å². The van der Waals surface area contributed by atoms with Gasteiger partial charge in [0, 0.05) is 5.41 Å². The number of aromatic nitrogens is 2. The summed E-state index contributed by atoms with van der Waals surface area (Å²) in [5.41, 5.74) is 5.18. The van der Waals surface area contributed by atoms with E-state index in [0.717, 1.165) is 22.9 Å². The molecule has 0 unspecified atom stereocenters. The highest BCUT2D eigenvalue weighted by atomic mass is 35.5. The highest BCUT2D eigenvalue weighted by molar-refractivity contribution is 7.11. The minimum atomic E-state index is -0.614. The average Bonchev–Trinajstić information content (AvgIpc) is 2.81. The van der Waals surface area contributed by atoms with Crippen LogP contribution in [0.2, 0.25) is 0 Å². The van der Waals surface area contributed by atoms with E-state index in [1.54, 1.807) is 0 Å². The van der Waals surface area contributed by atoms with Crippen LogP contribution in [0.3, 0.4) is 0 Å². The second kappa shape index (κ2) is 5.11. The molecule has 0 saturated heterocycles. The smallest absolute Gasteiger partial charge is 0.240 e. The number of nitrogens with one attached hydrogen (secondary N) is 1. The van der Waals surface area contributed by atoms with Gasteiger partial charge in [-0.2, -0.15) is 0 Å². The summed E-state index contributed by atoms with van der Waals surface area (Å²) in [6.07, 6.45) is 1.56. The largest absolute Gasteiger partial charge is 0.348 e. The summed E-state index contributed by atoms with van der Waals surface area (Å²) in [6, 6.07) is 0. The lowest BCUT2D eigenvalue weighted by Crippen LogP contribution is -2.42. The van der Waals surface area contributed by atoms with Gasteiger partial charge in [-0.1, -0.05) is 32.1 Å². The van der Waals surface area contributed by atoms with Crippen molar-refractivity contribution >= 4 is 29.7 Å². The predicted molar refractivity (Wildman–Crippen MR) is 73.9 cm³/mol. The van der Waals surface area contributed by atoms with Gasteiger partial charge in [-0.3, -0.25) is 4.79 Å². The van der Waals surface area contributed by atoms with Crippen LogP contribution in [0.5, 0.6) is 0 Å². The van der Waals surface area contributed by atoms with Gasteiger partial charge in [0.15, 0.2) is 0 Å². The van der Waals surface area contributed by atoms with Crippen molar-refractivity contribution in [2.75, 3.05) is 0 Å². The minimum absolute atomic E-state index is 0. The van der Waals surface area contributed by atoms with Gasteiger partial charge in [0.2, 0.25) is 5.91 Å². The first-order valence-corrected chi connectivity index (χ1v) is 6.53. The van der Waals surface area contributed by atoms with Crippen molar-refractivity contribution in [3.05, 3.63) is 10.0 Å². The second-order valence-electron chi connectivity index (χ2n) is 5.59. The first-order valence-electron chi connectivity index (χ1n) is 5.71. The lowest BCUT2D eigenvalue weighted by molar-refractivity contribution is -0.123. The molecule has 0 radical (unpaired) electrons. The molecule has 3 N–H and O–H groups in total. The number of hydrogen-bond donors (Lipinski definition) is 2. The van der Waals surface area contributed by atoms with Crippen LogP contribution < -0.4 is 11.1 Å². The molecule has 1 aliphatic rings. The highest BCUT2D eigenvalue weighted by Gasteiger charge is 2.45. The third-order valence-electron chi connectivity index (χ3n) is 2.75. The second-order valence-corrected chi connectivity index (χ2v) is 6.65. The Morgan fingerprint density at radius 2 is 2.06 bits per heavy atom. The van der Waals surface area contributed by atoms with Crippen LogP contribution in [-0.2, 0) is 16.8 Å². The van der Waals surface area contributed by atoms with Gasteiger partial charge < -0.3 is 11.1 Å². The topological polar surface area (TPSA) is 80.9 Å². The summed E-state index contributed by atoms with van der Waals surface area (Å²) in [5, 5.41) is 12.8. The molecule has 18 heavy (non-hydrogen) atoms. The summed E-state index contributed by atoms with van der Waals surface area (Å²) < 4.78 is 0. The Labute approximate surface area is 117 Å². The van der Waals surface area contributed by atoms with Crippen molar-refractivity contribution in [2.24, 2.45) is 5.73 Å². The predicted octanol–water partition coefficient (Wildman–Crippen LogP) is 1.36. The lowest BCUT2D eigenvalue weighted by atomic mass is 9.98. The van der Waals surface area contributed by atoms with Crippen molar-refractivity contribution in [3.63, 3.8) is 0 Å². The summed E-state index contributed by atoms with van der Waals surface area (Å²) in [7, 11) is 0. The van der Waals surface area contributed by atoms with E-state index in [2.05, 4.69) is 36.3 Å². The standard InChI is InChI=1S/C11H18N4OS.ClH/c1-10(2,3)9-15-14-7(17-9)6-13-8(16)11(12)4-5-11;/h4-6,12H2,1-3H3,(H,13,16);1H. The summed E-state index contributed by atoms with van der Waals surface area (Å²) in [4.78, 5) is 11.6. The minimum Gasteiger partial charge on any atom is -0.348 e. The molecule has 5 nitrogen and oxygen atoms in total. The van der Waals surface area contributed by atoms with Crippen LogP contribution in [0, 0.1) is 0 Å². The third-order valence-corrected chi connectivity index (χ3v) is 4.10. The number of carbonyl (C=O) groups is 1. The first-order chi connectivity index (χ1) is 7.81. The molecule has 0 bridgehead atoms. The van der Waals surface area contributed by atoms with E-state index in [0.29, 0.717) is 6.54 Å². The first kappa shape index (κ1) is 15.3. The van der Waals surface area contributed by atoms with E-state index < -0.39 is 5.54 Å². The van der Waals surface area contributed by atoms with Crippen LogP contribution >= 0.6 is 23.7 Å². The van der Waals surface area contributed by atoms with E-state index in [1.807, 2.05) is 0 Å². The fourth-order valence-corrected chi connectivity index (χ4v) is 2.16. The maximum atomic E-state index is 11.6. The summed E-state index contributed by atoms with van der Waals surface area (Å²) in [6.45, 7) is 6.70. The maximum absolute atomic E-state index is 11.6. The Morgan fingerprint density at radius 1 is 1.44 bits per heavy atom. The Bertz CT molecular complexity index is 436. The van der Waals surface area contributed by atoms with Crippen molar-refractivity contribution in [1.29, 1.82) is 0 Å². The van der Waals surface area contributed by atoms with Crippen LogP contribution in [0.4, 0.5) is 0 Å². The zero-order valence-electron chi connectivity index (χ0n) is 10.8. The summed E-state index contributed by atoms with van der Waals surface area (Å²) in [5.74, 6) is -0.0787. The molecule has 102 valence electrons. The molecule has 1 aliphatic carbocycles. The van der Waals surface area contributed by atoms with E-state index >= 15 is 0 Å². The molecule has 2 rings (SSSR count).